The lowest BCUT2D eigenvalue weighted by Gasteiger charge is -2.15. The molecule has 1 aromatic heterocycles. The number of benzene rings is 1. The fourth-order valence-electron chi connectivity index (χ4n) is 1.67. The topological polar surface area (TPSA) is 48.4 Å². The van der Waals surface area contributed by atoms with Crippen molar-refractivity contribution in [2.24, 2.45) is 5.73 Å². The van der Waals surface area contributed by atoms with Crippen LogP contribution in [-0.2, 0) is 0 Å². The van der Waals surface area contributed by atoms with Gasteiger partial charge < -0.3 is 14.9 Å². The summed E-state index contributed by atoms with van der Waals surface area (Å²) in [6.45, 7) is 2.29. The van der Waals surface area contributed by atoms with Crippen LogP contribution in [0.3, 0.4) is 0 Å². The molecule has 1 unspecified atom stereocenters. The maximum Gasteiger partial charge on any atom is 0.168 e. The summed E-state index contributed by atoms with van der Waals surface area (Å²) in [5.74, 6) is 2.44. The van der Waals surface area contributed by atoms with Gasteiger partial charge in [-0.1, -0.05) is 0 Å². The van der Waals surface area contributed by atoms with Crippen molar-refractivity contribution in [3.63, 3.8) is 0 Å². The number of hydrogen-bond donors (Lipinski definition) is 1. The first-order valence-corrected chi connectivity index (χ1v) is 7.02. The molecule has 0 aliphatic rings. The van der Waals surface area contributed by atoms with Gasteiger partial charge in [0.25, 0.3) is 0 Å². The van der Waals surface area contributed by atoms with Crippen molar-refractivity contribution in [3.05, 3.63) is 47.9 Å². The molecule has 0 aliphatic carbocycles. The Hall–Kier alpha value is -1.39. The molecule has 4 heteroatoms. The lowest BCUT2D eigenvalue weighted by molar-refractivity contribution is 0.182. The first-order valence-electron chi connectivity index (χ1n) is 5.80. The zero-order valence-corrected chi connectivity index (χ0v) is 11.4. The van der Waals surface area contributed by atoms with Crippen LogP contribution < -0.4 is 10.5 Å². The van der Waals surface area contributed by atoms with E-state index in [1.807, 2.05) is 49.6 Å². The molecule has 2 N–H and O–H groups in total. The smallest absolute Gasteiger partial charge is 0.168 e. The highest BCUT2D eigenvalue weighted by Crippen LogP contribution is 2.25. The third kappa shape index (κ3) is 3.09. The molecule has 3 nitrogen and oxygen atoms in total. The van der Waals surface area contributed by atoms with E-state index in [1.54, 1.807) is 11.8 Å². The molecule has 0 spiro atoms. The zero-order valence-electron chi connectivity index (χ0n) is 10.6. The van der Waals surface area contributed by atoms with Crippen LogP contribution in [0.4, 0.5) is 0 Å². The maximum absolute atomic E-state index is 5.83. The summed E-state index contributed by atoms with van der Waals surface area (Å²) >= 11 is 1.70. The van der Waals surface area contributed by atoms with Crippen LogP contribution in [0.1, 0.15) is 17.6 Å². The van der Waals surface area contributed by atoms with Crippen LogP contribution in [0.25, 0.3) is 0 Å². The molecule has 2 aromatic rings. The van der Waals surface area contributed by atoms with Crippen molar-refractivity contribution in [1.29, 1.82) is 0 Å². The first kappa shape index (κ1) is 13.1. The molecule has 96 valence electrons. The highest BCUT2D eigenvalue weighted by atomic mass is 32.2. The molecule has 0 amide bonds. The number of aryl methyl sites for hydroxylation is 1. The Morgan fingerprint density at radius 1 is 1.22 bits per heavy atom. The quantitative estimate of drug-likeness (QED) is 0.840. The highest BCUT2D eigenvalue weighted by Gasteiger charge is 2.15. The van der Waals surface area contributed by atoms with Gasteiger partial charge in [-0.15, -0.1) is 11.8 Å². The second kappa shape index (κ2) is 5.98. The van der Waals surface area contributed by atoms with E-state index in [0.717, 1.165) is 17.3 Å². The van der Waals surface area contributed by atoms with Crippen molar-refractivity contribution >= 4 is 11.8 Å². The van der Waals surface area contributed by atoms with Gasteiger partial charge in [0.15, 0.2) is 6.10 Å². The number of nitrogens with two attached hydrogens (primary N) is 1. The van der Waals surface area contributed by atoms with Crippen molar-refractivity contribution in [3.8, 4) is 5.75 Å². The molecule has 0 radical (unpaired) electrons. The zero-order chi connectivity index (χ0) is 13.0. The van der Waals surface area contributed by atoms with Gasteiger partial charge in [-0.05, 0) is 49.6 Å². The molecular weight excluding hydrogens is 246 g/mol. The Kier molecular flexibility index (Phi) is 4.33. The average Bonchev–Trinajstić information content (AvgIpc) is 2.83. The van der Waals surface area contributed by atoms with Gasteiger partial charge in [0.1, 0.15) is 17.3 Å². The van der Waals surface area contributed by atoms with Crippen LogP contribution in [0.15, 0.2) is 45.7 Å². The molecule has 1 atom stereocenters. The van der Waals surface area contributed by atoms with Gasteiger partial charge >= 0.3 is 0 Å². The summed E-state index contributed by atoms with van der Waals surface area (Å²) in [7, 11) is 0. The summed E-state index contributed by atoms with van der Waals surface area (Å²) < 4.78 is 11.4. The SMILES string of the molecule is CSc1ccc(OC(CN)c2ccc(C)o2)cc1. The van der Waals surface area contributed by atoms with E-state index in [2.05, 4.69) is 0 Å². The Bertz CT molecular complexity index is 493. The van der Waals surface area contributed by atoms with Gasteiger partial charge in [0.05, 0.1) is 0 Å². The summed E-state index contributed by atoms with van der Waals surface area (Å²) in [4.78, 5) is 1.21. The predicted molar refractivity (Wildman–Crippen MR) is 74.1 cm³/mol. The molecule has 18 heavy (non-hydrogen) atoms. The van der Waals surface area contributed by atoms with Crippen molar-refractivity contribution < 1.29 is 9.15 Å². The van der Waals surface area contributed by atoms with E-state index in [4.69, 9.17) is 14.9 Å². The van der Waals surface area contributed by atoms with Crippen molar-refractivity contribution in [2.45, 2.75) is 17.9 Å². The van der Waals surface area contributed by atoms with Crippen LogP contribution >= 0.6 is 11.8 Å². The van der Waals surface area contributed by atoms with Gasteiger partial charge in [-0.2, -0.15) is 0 Å². The summed E-state index contributed by atoms with van der Waals surface area (Å²) in [5, 5.41) is 0. The third-order valence-electron chi connectivity index (χ3n) is 2.63. The Balaban J connectivity index is 2.10. The van der Waals surface area contributed by atoms with E-state index < -0.39 is 0 Å². The second-order valence-corrected chi connectivity index (χ2v) is 4.85. The van der Waals surface area contributed by atoms with Crippen LogP contribution in [-0.4, -0.2) is 12.8 Å². The third-order valence-corrected chi connectivity index (χ3v) is 3.37. The largest absolute Gasteiger partial charge is 0.481 e. The molecule has 0 saturated heterocycles. The van der Waals surface area contributed by atoms with Gasteiger partial charge in [-0.3, -0.25) is 0 Å². The first-order chi connectivity index (χ1) is 8.72. The fraction of sp³-hybridized carbons (Fsp3) is 0.286. The molecule has 0 bridgehead atoms. The summed E-state index contributed by atoms with van der Waals surface area (Å²) in [5.41, 5.74) is 5.73. The van der Waals surface area contributed by atoms with E-state index in [-0.39, 0.29) is 6.10 Å². The predicted octanol–water partition coefficient (Wildman–Crippen LogP) is 3.39. The molecule has 1 aromatic carbocycles. The van der Waals surface area contributed by atoms with Gasteiger partial charge in [-0.25, -0.2) is 0 Å². The number of hydrogen-bond acceptors (Lipinski definition) is 4. The second-order valence-electron chi connectivity index (χ2n) is 3.97. The van der Waals surface area contributed by atoms with E-state index in [0.29, 0.717) is 6.54 Å². The van der Waals surface area contributed by atoms with Crippen LogP contribution in [0, 0.1) is 6.92 Å². The van der Waals surface area contributed by atoms with Gasteiger partial charge in [0.2, 0.25) is 0 Å². The Morgan fingerprint density at radius 3 is 2.44 bits per heavy atom. The average molecular weight is 263 g/mol. The van der Waals surface area contributed by atoms with Crippen LogP contribution in [0.5, 0.6) is 5.75 Å². The Labute approximate surface area is 111 Å². The minimum Gasteiger partial charge on any atom is -0.481 e. The van der Waals surface area contributed by atoms with E-state index in [1.165, 1.54) is 4.90 Å². The molecule has 0 fully saturated rings. The monoisotopic (exact) mass is 263 g/mol. The van der Waals surface area contributed by atoms with Gasteiger partial charge in [0, 0.05) is 11.4 Å². The molecule has 2 rings (SSSR count). The fourth-order valence-corrected chi connectivity index (χ4v) is 2.08. The number of furan rings is 1. The summed E-state index contributed by atoms with van der Waals surface area (Å²) in [6, 6.07) is 11.8. The van der Waals surface area contributed by atoms with E-state index in [9.17, 15) is 0 Å². The normalized spacial score (nSPS) is 12.4. The molecule has 0 saturated carbocycles. The number of rotatable bonds is 5. The summed E-state index contributed by atoms with van der Waals surface area (Å²) in [6.07, 6.45) is 1.81. The minimum atomic E-state index is -0.237. The standard InChI is InChI=1S/C14H17NO2S/c1-10-3-8-13(16-10)14(9-15)17-11-4-6-12(18-2)7-5-11/h3-8,14H,9,15H2,1-2H3. The highest BCUT2D eigenvalue weighted by molar-refractivity contribution is 7.98. The number of ether oxygens (including phenoxy) is 1. The lowest BCUT2D eigenvalue weighted by atomic mass is 10.2. The van der Waals surface area contributed by atoms with Crippen LogP contribution in [0.2, 0.25) is 0 Å². The molecular formula is C14H17NO2S. The van der Waals surface area contributed by atoms with E-state index >= 15 is 0 Å². The lowest BCUT2D eigenvalue weighted by Crippen LogP contribution is -2.17. The molecule has 0 aliphatic heterocycles. The minimum absolute atomic E-state index is 0.237. The van der Waals surface area contributed by atoms with Crippen molar-refractivity contribution in [2.75, 3.05) is 12.8 Å². The van der Waals surface area contributed by atoms with Crippen molar-refractivity contribution in [1.82, 2.24) is 0 Å². The Morgan fingerprint density at radius 2 is 1.94 bits per heavy atom. The maximum atomic E-state index is 5.83. The molecule has 1 heterocycles. The number of thioether (sulfide) groups is 1.